The number of anilines is 1. The number of para-hydroxylation sites is 1. The quantitative estimate of drug-likeness (QED) is 0.838. The Bertz CT molecular complexity index is 486. The third kappa shape index (κ3) is 2.61. The Morgan fingerprint density at radius 3 is 2.74 bits per heavy atom. The fraction of sp³-hybridized carbons (Fsp3) is 0.429. The maximum Gasteiger partial charge on any atom is 0.416 e. The van der Waals surface area contributed by atoms with Gasteiger partial charge in [-0.15, -0.1) is 0 Å². The van der Waals surface area contributed by atoms with Crippen molar-refractivity contribution in [1.29, 1.82) is 0 Å². The highest BCUT2D eigenvalue weighted by Crippen LogP contribution is 2.30. The summed E-state index contributed by atoms with van der Waals surface area (Å²) in [6, 6.07) is 7.30. The van der Waals surface area contributed by atoms with Crippen molar-refractivity contribution in [2.75, 3.05) is 18.1 Å². The number of hydrogen-bond donors (Lipinski definition) is 0. The summed E-state index contributed by atoms with van der Waals surface area (Å²) >= 11 is 0. The van der Waals surface area contributed by atoms with E-state index in [0.717, 1.165) is 5.56 Å². The van der Waals surface area contributed by atoms with Crippen LogP contribution in [0.4, 0.5) is 10.5 Å². The summed E-state index contributed by atoms with van der Waals surface area (Å²) < 4.78 is 10.4. The SMILES string of the molecule is CCOC(=O)N1c2ccccc2CC(=O)C1OCC. The van der Waals surface area contributed by atoms with Gasteiger partial charge in [0.1, 0.15) is 0 Å². The highest BCUT2D eigenvalue weighted by atomic mass is 16.6. The minimum absolute atomic E-state index is 0.131. The van der Waals surface area contributed by atoms with Crippen LogP contribution in [0.15, 0.2) is 24.3 Å². The van der Waals surface area contributed by atoms with Crippen molar-refractivity contribution in [3.05, 3.63) is 29.8 Å². The second kappa shape index (κ2) is 5.84. The zero-order valence-electron chi connectivity index (χ0n) is 11.1. The van der Waals surface area contributed by atoms with Gasteiger partial charge in [-0.3, -0.25) is 4.79 Å². The van der Waals surface area contributed by atoms with Crippen molar-refractivity contribution in [2.45, 2.75) is 26.5 Å². The Labute approximate surface area is 112 Å². The normalized spacial score (nSPS) is 18.1. The number of Topliss-reactive ketones (excluding diaryl/α,β-unsaturated/α-hetero) is 1. The molecule has 0 bridgehead atoms. The fourth-order valence-corrected chi connectivity index (χ4v) is 2.15. The van der Waals surface area contributed by atoms with Gasteiger partial charge in [-0.25, -0.2) is 9.69 Å². The van der Waals surface area contributed by atoms with Gasteiger partial charge in [-0.1, -0.05) is 18.2 Å². The lowest BCUT2D eigenvalue weighted by atomic mass is 10.00. The zero-order chi connectivity index (χ0) is 13.8. The van der Waals surface area contributed by atoms with E-state index in [9.17, 15) is 9.59 Å². The molecule has 0 aromatic heterocycles. The Kier molecular flexibility index (Phi) is 4.16. The summed E-state index contributed by atoms with van der Waals surface area (Å²) in [5.74, 6) is -0.131. The summed E-state index contributed by atoms with van der Waals surface area (Å²) in [6.07, 6.45) is -1.17. The van der Waals surface area contributed by atoms with E-state index in [1.807, 2.05) is 18.2 Å². The average molecular weight is 263 g/mol. The monoisotopic (exact) mass is 263 g/mol. The van der Waals surface area contributed by atoms with E-state index in [1.54, 1.807) is 19.9 Å². The largest absolute Gasteiger partial charge is 0.449 e. The highest BCUT2D eigenvalue weighted by Gasteiger charge is 2.38. The Hall–Kier alpha value is -1.88. The molecular weight excluding hydrogens is 246 g/mol. The third-order valence-corrected chi connectivity index (χ3v) is 2.91. The lowest BCUT2D eigenvalue weighted by Crippen LogP contribution is -2.51. The van der Waals surface area contributed by atoms with Crippen molar-refractivity contribution in [2.24, 2.45) is 0 Å². The second-order valence-electron chi connectivity index (χ2n) is 4.15. The number of amides is 1. The number of rotatable bonds is 3. The average Bonchev–Trinajstić information content (AvgIpc) is 2.40. The van der Waals surface area contributed by atoms with Gasteiger partial charge < -0.3 is 9.47 Å². The molecule has 1 amide bonds. The maximum atomic E-state index is 12.1. The van der Waals surface area contributed by atoms with E-state index in [0.29, 0.717) is 12.3 Å². The molecule has 5 nitrogen and oxygen atoms in total. The summed E-state index contributed by atoms with van der Waals surface area (Å²) in [5, 5.41) is 0. The molecule has 5 heteroatoms. The Morgan fingerprint density at radius 1 is 1.32 bits per heavy atom. The lowest BCUT2D eigenvalue weighted by molar-refractivity contribution is -0.130. The number of ether oxygens (including phenoxy) is 2. The highest BCUT2D eigenvalue weighted by molar-refractivity contribution is 6.02. The zero-order valence-corrected chi connectivity index (χ0v) is 11.1. The topological polar surface area (TPSA) is 55.8 Å². The van der Waals surface area contributed by atoms with Crippen LogP contribution in [0.3, 0.4) is 0 Å². The van der Waals surface area contributed by atoms with E-state index in [1.165, 1.54) is 4.90 Å². The van der Waals surface area contributed by atoms with Gasteiger partial charge >= 0.3 is 6.09 Å². The molecule has 2 rings (SSSR count). The van der Waals surface area contributed by atoms with Gasteiger partial charge in [0.15, 0.2) is 12.0 Å². The molecule has 1 aromatic carbocycles. The van der Waals surface area contributed by atoms with Gasteiger partial charge in [0, 0.05) is 13.0 Å². The first kappa shape index (κ1) is 13.5. The van der Waals surface area contributed by atoms with Crippen molar-refractivity contribution >= 4 is 17.6 Å². The molecule has 0 saturated carbocycles. The number of fused-ring (bicyclic) bond motifs is 1. The predicted octanol–water partition coefficient (Wildman–Crippen LogP) is 2.14. The predicted molar refractivity (Wildman–Crippen MR) is 70.1 cm³/mol. The number of carbonyl (C=O) groups is 2. The van der Waals surface area contributed by atoms with E-state index in [4.69, 9.17) is 9.47 Å². The van der Waals surface area contributed by atoms with Crippen LogP contribution in [-0.2, 0) is 20.7 Å². The van der Waals surface area contributed by atoms with Crippen LogP contribution in [0, 0.1) is 0 Å². The standard InChI is InChI=1S/C14H17NO4/c1-3-18-13-12(16)9-10-7-5-6-8-11(10)15(13)14(17)19-4-2/h5-8,13H,3-4,9H2,1-2H3. The molecule has 0 N–H and O–H groups in total. The summed E-state index contributed by atoms with van der Waals surface area (Å²) in [5.41, 5.74) is 1.50. The van der Waals surface area contributed by atoms with E-state index in [-0.39, 0.29) is 18.8 Å². The Morgan fingerprint density at radius 2 is 2.05 bits per heavy atom. The van der Waals surface area contributed by atoms with Gasteiger partial charge in [-0.05, 0) is 25.5 Å². The molecule has 19 heavy (non-hydrogen) atoms. The van der Waals surface area contributed by atoms with Crippen LogP contribution in [0.1, 0.15) is 19.4 Å². The molecule has 0 aliphatic carbocycles. The minimum Gasteiger partial charge on any atom is -0.449 e. The molecule has 0 spiro atoms. The number of carbonyl (C=O) groups excluding carboxylic acids is 2. The van der Waals surface area contributed by atoms with Crippen LogP contribution in [-0.4, -0.2) is 31.3 Å². The van der Waals surface area contributed by atoms with Crippen molar-refractivity contribution in [3.63, 3.8) is 0 Å². The molecule has 1 heterocycles. The molecule has 1 aliphatic heterocycles. The number of hydrogen-bond acceptors (Lipinski definition) is 4. The second-order valence-corrected chi connectivity index (χ2v) is 4.15. The third-order valence-electron chi connectivity index (χ3n) is 2.91. The van der Waals surface area contributed by atoms with Crippen LogP contribution < -0.4 is 4.90 Å². The molecule has 1 aromatic rings. The minimum atomic E-state index is -0.890. The van der Waals surface area contributed by atoms with Gasteiger partial charge in [0.05, 0.1) is 12.3 Å². The van der Waals surface area contributed by atoms with Gasteiger partial charge in [0.25, 0.3) is 0 Å². The molecule has 0 radical (unpaired) electrons. The molecule has 0 fully saturated rings. The smallest absolute Gasteiger partial charge is 0.416 e. The van der Waals surface area contributed by atoms with Crippen molar-refractivity contribution in [3.8, 4) is 0 Å². The van der Waals surface area contributed by atoms with Crippen molar-refractivity contribution in [1.82, 2.24) is 0 Å². The van der Waals surface area contributed by atoms with E-state index >= 15 is 0 Å². The first-order valence-corrected chi connectivity index (χ1v) is 6.37. The number of benzene rings is 1. The maximum absolute atomic E-state index is 12.1. The molecule has 1 aliphatic rings. The molecule has 1 atom stereocenters. The molecule has 1 unspecified atom stereocenters. The van der Waals surface area contributed by atoms with Gasteiger partial charge in [0.2, 0.25) is 0 Å². The van der Waals surface area contributed by atoms with E-state index < -0.39 is 12.3 Å². The van der Waals surface area contributed by atoms with Crippen molar-refractivity contribution < 1.29 is 19.1 Å². The molecular formula is C14H17NO4. The van der Waals surface area contributed by atoms with Crippen LogP contribution in [0.25, 0.3) is 0 Å². The summed E-state index contributed by atoms with van der Waals surface area (Å²) in [4.78, 5) is 25.5. The number of ketones is 1. The number of nitrogens with zero attached hydrogens (tertiary/aromatic N) is 1. The van der Waals surface area contributed by atoms with Gasteiger partial charge in [-0.2, -0.15) is 0 Å². The molecule has 102 valence electrons. The first-order valence-electron chi connectivity index (χ1n) is 6.37. The summed E-state index contributed by atoms with van der Waals surface area (Å²) in [6.45, 7) is 4.13. The Balaban J connectivity index is 2.41. The van der Waals surface area contributed by atoms with E-state index in [2.05, 4.69) is 0 Å². The lowest BCUT2D eigenvalue weighted by Gasteiger charge is -2.34. The summed E-state index contributed by atoms with van der Waals surface area (Å²) in [7, 11) is 0. The van der Waals surface area contributed by atoms with Crippen LogP contribution in [0.5, 0.6) is 0 Å². The van der Waals surface area contributed by atoms with Crippen LogP contribution >= 0.6 is 0 Å². The fourth-order valence-electron chi connectivity index (χ4n) is 2.15. The first-order chi connectivity index (χ1) is 9.19. The molecule has 0 saturated heterocycles. The van der Waals surface area contributed by atoms with Crippen LogP contribution in [0.2, 0.25) is 0 Å².